The largest absolute Gasteiger partial charge is 0.443 e. The fraction of sp³-hybridized carbons (Fsp3) is 0.800. The molecule has 0 saturated heterocycles. The molecular formula is C15H16F12N5O3P. The molecule has 0 aliphatic carbocycles. The number of hydrogen-bond donors (Lipinski definition) is 1. The Morgan fingerprint density at radius 2 is 1.44 bits per heavy atom. The van der Waals surface area contributed by atoms with Gasteiger partial charge >= 0.3 is 43.9 Å². The number of hydrogen-bond acceptors (Lipinski definition) is 7. The van der Waals surface area contributed by atoms with Crippen LogP contribution in [0.5, 0.6) is 0 Å². The highest BCUT2D eigenvalue weighted by atomic mass is 31.2. The molecule has 0 aromatic carbocycles. The van der Waals surface area contributed by atoms with Crippen LogP contribution in [0.1, 0.15) is 20.8 Å². The summed E-state index contributed by atoms with van der Waals surface area (Å²) in [6.45, 7) is 3.57. The molecule has 0 aromatic heterocycles. The van der Waals surface area contributed by atoms with Crippen LogP contribution in [0.15, 0.2) is 14.7 Å². The topological polar surface area (TPSA) is 87.9 Å². The second-order valence-corrected chi connectivity index (χ2v) is 10.3. The molecule has 0 radical (unpaired) electrons. The molecule has 0 aromatic rings. The Labute approximate surface area is 193 Å². The van der Waals surface area contributed by atoms with Crippen LogP contribution in [0.2, 0.25) is 0 Å². The van der Waals surface area contributed by atoms with Crippen LogP contribution in [0.3, 0.4) is 0 Å². The molecule has 0 saturated carbocycles. The minimum Gasteiger partial charge on any atom is -0.410 e. The van der Waals surface area contributed by atoms with Gasteiger partial charge in [-0.1, -0.05) is 0 Å². The molecule has 0 spiro atoms. The number of alkyl halides is 12. The number of nitrogens with zero attached hydrogens (tertiary/aromatic N) is 4. The quantitative estimate of drug-likeness (QED) is 0.371. The molecule has 21 heteroatoms. The molecule has 208 valence electrons. The Bertz CT molecular complexity index is 984. The first-order chi connectivity index (χ1) is 15.8. The molecule has 2 aliphatic rings. The van der Waals surface area contributed by atoms with E-state index in [1.54, 1.807) is 10.3 Å². The summed E-state index contributed by atoms with van der Waals surface area (Å²) in [7, 11) is -3.08. The number of ether oxygens (including phenoxy) is 1. The standard InChI is InChI=1S/C15H16F12N5O3P/c1-5-34-36(33)10(2,3)32(4)8(31-36)28-9-30-13(14(22,23)24,15(25,26)27)29-7(35-9)6(11(16,17)18)12(19,20)21/h6H,5H2,1-4H3,(H,28,30,31,33). The van der Waals surface area contributed by atoms with E-state index in [-0.39, 0.29) is 6.61 Å². The Morgan fingerprint density at radius 3 is 1.83 bits per heavy atom. The number of nitrogens with one attached hydrogen (secondary N) is 1. The van der Waals surface area contributed by atoms with Gasteiger partial charge in [-0.3, -0.25) is 9.88 Å². The minimum atomic E-state index is -6.68. The Balaban J connectivity index is 2.75. The van der Waals surface area contributed by atoms with Gasteiger partial charge in [-0.15, -0.1) is 0 Å². The highest BCUT2D eigenvalue weighted by Gasteiger charge is 2.75. The molecule has 0 bridgehead atoms. The number of guanidine groups is 1. The van der Waals surface area contributed by atoms with Crippen LogP contribution < -0.4 is 5.32 Å². The third-order valence-electron chi connectivity index (χ3n) is 5.01. The third kappa shape index (κ3) is 4.97. The van der Waals surface area contributed by atoms with Gasteiger partial charge in [-0.05, 0) is 20.8 Å². The molecule has 2 rings (SSSR count). The minimum absolute atomic E-state index is 0.232. The average Bonchev–Trinajstić information content (AvgIpc) is 2.77. The van der Waals surface area contributed by atoms with E-state index in [4.69, 9.17) is 4.52 Å². The van der Waals surface area contributed by atoms with Crippen LogP contribution in [-0.4, -0.2) is 72.1 Å². The second kappa shape index (κ2) is 8.66. The number of amidine groups is 1. The van der Waals surface area contributed by atoms with E-state index in [2.05, 4.69) is 14.5 Å². The lowest BCUT2D eigenvalue weighted by atomic mass is 10.1. The lowest BCUT2D eigenvalue weighted by Crippen LogP contribution is -2.60. The van der Waals surface area contributed by atoms with Crippen LogP contribution in [0.25, 0.3) is 0 Å². The van der Waals surface area contributed by atoms with Gasteiger partial charge in [0.2, 0.25) is 17.8 Å². The predicted molar refractivity (Wildman–Crippen MR) is 98.0 cm³/mol. The van der Waals surface area contributed by atoms with Gasteiger partial charge in [-0.2, -0.15) is 62.4 Å². The Kier molecular flexibility index (Phi) is 7.22. The first kappa shape index (κ1) is 30.0. The molecule has 2 aliphatic heterocycles. The van der Waals surface area contributed by atoms with Crippen LogP contribution in [0.4, 0.5) is 52.7 Å². The molecule has 2 heterocycles. The lowest BCUT2D eigenvalue weighted by molar-refractivity contribution is -0.296. The monoisotopic (exact) mass is 573 g/mol. The molecule has 1 N–H and O–H groups in total. The lowest BCUT2D eigenvalue weighted by Gasteiger charge is -2.36. The molecular weight excluding hydrogens is 557 g/mol. The zero-order chi connectivity index (χ0) is 28.3. The average molecular weight is 573 g/mol. The number of rotatable bonds is 3. The van der Waals surface area contributed by atoms with Crippen molar-refractivity contribution in [2.24, 2.45) is 20.7 Å². The fourth-order valence-electron chi connectivity index (χ4n) is 2.86. The highest BCUT2D eigenvalue weighted by Crippen LogP contribution is 2.64. The first-order valence-electron chi connectivity index (χ1n) is 9.34. The second-order valence-electron chi connectivity index (χ2n) is 7.69. The van der Waals surface area contributed by atoms with Gasteiger partial charge in [0.15, 0.2) is 0 Å². The normalized spacial score (nSPS) is 24.8. The maximum absolute atomic E-state index is 13.5. The molecule has 0 amide bonds. The van der Waals surface area contributed by atoms with Gasteiger partial charge in [0.1, 0.15) is 5.28 Å². The van der Waals surface area contributed by atoms with Crippen molar-refractivity contribution in [2.75, 3.05) is 13.7 Å². The van der Waals surface area contributed by atoms with Crippen LogP contribution in [0, 0.1) is 5.92 Å². The summed E-state index contributed by atoms with van der Waals surface area (Å²) in [5.74, 6) is -8.91. The summed E-state index contributed by atoms with van der Waals surface area (Å²) in [6, 6.07) is -2.13. The molecule has 36 heavy (non-hydrogen) atoms. The van der Waals surface area contributed by atoms with Crippen LogP contribution >= 0.6 is 7.52 Å². The third-order valence-corrected chi connectivity index (χ3v) is 7.75. The van der Waals surface area contributed by atoms with Crippen LogP contribution in [-0.2, 0) is 13.8 Å². The van der Waals surface area contributed by atoms with Crippen molar-refractivity contribution < 1.29 is 66.5 Å². The van der Waals surface area contributed by atoms with Gasteiger partial charge in [0, 0.05) is 7.05 Å². The summed E-state index contributed by atoms with van der Waals surface area (Å²) in [5, 5.41) is -0.0486. The highest BCUT2D eigenvalue weighted by molar-refractivity contribution is 7.59. The van der Waals surface area contributed by atoms with E-state index in [1.165, 1.54) is 20.8 Å². The zero-order valence-electron chi connectivity index (χ0n) is 18.3. The van der Waals surface area contributed by atoms with Crippen molar-refractivity contribution in [3.63, 3.8) is 0 Å². The van der Waals surface area contributed by atoms with Gasteiger partial charge < -0.3 is 14.2 Å². The van der Waals surface area contributed by atoms with E-state index in [0.29, 0.717) is 0 Å². The first-order valence-corrected chi connectivity index (χ1v) is 10.9. The SMILES string of the molecule is CCOP1(=O)N=C(NC2=NC(C(F)(F)F)(C(F)(F)F)N=C(C(C(F)(F)F)C(F)(F)F)O2)N(C)C1(C)C. The van der Waals surface area contributed by atoms with Gasteiger partial charge in [0.25, 0.3) is 0 Å². The summed E-state index contributed by atoms with van der Waals surface area (Å²) >= 11 is 0. The maximum atomic E-state index is 13.5. The van der Waals surface area contributed by atoms with Crippen molar-refractivity contribution in [1.29, 1.82) is 0 Å². The maximum Gasteiger partial charge on any atom is 0.443 e. The van der Waals surface area contributed by atoms with Crippen molar-refractivity contribution in [3.8, 4) is 0 Å². The number of halogens is 12. The fourth-order valence-corrected chi connectivity index (χ4v) is 4.74. The van der Waals surface area contributed by atoms with E-state index >= 15 is 0 Å². The van der Waals surface area contributed by atoms with E-state index in [9.17, 15) is 57.3 Å². The Morgan fingerprint density at radius 1 is 0.972 bits per heavy atom. The predicted octanol–water partition coefficient (Wildman–Crippen LogP) is 5.19. The smallest absolute Gasteiger partial charge is 0.410 e. The summed E-state index contributed by atoms with van der Waals surface area (Å²) in [5.41, 5.74) is -5.82. The summed E-state index contributed by atoms with van der Waals surface area (Å²) in [4.78, 5) is 4.67. The molecule has 1 atom stereocenters. The van der Waals surface area contributed by atoms with Crippen molar-refractivity contribution in [3.05, 3.63) is 0 Å². The Hall–Kier alpha value is -2.24. The summed E-state index contributed by atoms with van der Waals surface area (Å²) in [6.07, 6.45) is -26.3. The van der Waals surface area contributed by atoms with Crippen molar-refractivity contribution in [1.82, 2.24) is 10.2 Å². The molecule has 0 fully saturated rings. The molecule has 8 nitrogen and oxygen atoms in total. The molecule has 1 unspecified atom stereocenters. The van der Waals surface area contributed by atoms with Gasteiger partial charge in [0.05, 0.1) is 6.61 Å². The zero-order valence-corrected chi connectivity index (χ0v) is 19.2. The van der Waals surface area contributed by atoms with Crippen molar-refractivity contribution >= 4 is 25.4 Å². The number of aliphatic imine (C=N–C) groups is 2. The van der Waals surface area contributed by atoms with E-state index in [1.807, 2.05) is 0 Å². The summed E-state index contributed by atoms with van der Waals surface area (Å²) < 4.78 is 186. The van der Waals surface area contributed by atoms with Crippen molar-refractivity contribution in [2.45, 2.75) is 56.4 Å². The van der Waals surface area contributed by atoms with Gasteiger partial charge in [-0.25, -0.2) is 4.99 Å². The van der Waals surface area contributed by atoms with E-state index < -0.39 is 67.0 Å². The van der Waals surface area contributed by atoms with E-state index in [0.717, 1.165) is 11.9 Å².